The molecule has 0 radical (unpaired) electrons. The maximum Gasteiger partial charge on any atom is 0.164 e. The van der Waals surface area contributed by atoms with E-state index in [9.17, 15) is 4.11 Å². The largest absolute Gasteiger partial charge is 0.456 e. The van der Waals surface area contributed by atoms with Crippen LogP contribution in [0.2, 0.25) is 0 Å². The van der Waals surface area contributed by atoms with E-state index in [4.69, 9.17) is 23.5 Å². The summed E-state index contributed by atoms with van der Waals surface area (Å²) in [5.74, 6) is 1.29. The second kappa shape index (κ2) is 12.6. The minimum atomic E-state index is -0.314. The predicted molar refractivity (Wildman–Crippen MR) is 236 cm³/mol. The molecular weight excluding hydrogens is 717 g/mol. The molecule has 0 atom stereocenters. The molecule has 57 heavy (non-hydrogen) atoms. The van der Waals surface area contributed by atoms with Crippen LogP contribution < -0.4 is 0 Å². The first kappa shape index (κ1) is 26.4. The number of thiophene rings is 1. The highest BCUT2D eigenvalue weighted by molar-refractivity contribution is 7.26. The van der Waals surface area contributed by atoms with Gasteiger partial charge in [-0.05, 0) is 48.5 Å². The summed E-state index contributed by atoms with van der Waals surface area (Å²) >= 11 is 1.21. The Hall–Kier alpha value is -7.41. The predicted octanol–water partition coefficient (Wildman–Crippen LogP) is 13.9. The molecule has 0 aliphatic heterocycles. The molecule has 12 aromatic rings. The molecule has 0 saturated heterocycles. The molecule has 266 valence electrons. The maximum absolute atomic E-state index is 9.63. The van der Waals surface area contributed by atoms with Gasteiger partial charge in [0.2, 0.25) is 0 Å². The molecule has 6 heteroatoms. The Balaban J connectivity index is 1.20. The van der Waals surface area contributed by atoms with Crippen LogP contribution in [0.4, 0.5) is 0 Å². The lowest BCUT2D eigenvalue weighted by molar-refractivity contribution is 0.669. The van der Waals surface area contributed by atoms with Crippen LogP contribution >= 0.6 is 11.3 Å². The number of furan rings is 1. The van der Waals surface area contributed by atoms with E-state index in [1.54, 1.807) is 0 Å². The fraction of sp³-hybridized carbons (Fsp3) is 0. The van der Waals surface area contributed by atoms with Gasteiger partial charge in [-0.15, -0.1) is 11.3 Å². The van der Waals surface area contributed by atoms with Crippen molar-refractivity contribution in [3.63, 3.8) is 0 Å². The van der Waals surface area contributed by atoms with Crippen LogP contribution in [0.1, 0.15) is 8.22 Å². The topological polar surface area (TPSA) is 56.7 Å². The maximum atomic E-state index is 9.63. The minimum Gasteiger partial charge on any atom is -0.456 e. The summed E-state index contributed by atoms with van der Waals surface area (Å²) in [5, 5.41) is 4.46. The molecule has 0 bridgehead atoms. The lowest BCUT2D eigenvalue weighted by Gasteiger charge is -2.17. The molecule has 0 saturated carbocycles. The summed E-state index contributed by atoms with van der Waals surface area (Å²) in [6.07, 6.45) is 0. The van der Waals surface area contributed by atoms with E-state index >= 15 is 0 Å². The van der Waals surface area contributed by atoms with Crippen molar-refractivity contribution < 1.29 is 12.6 Å². The second-order valence-corrected chi connectivity index (χ2v) is 14.9. The summed E-state index contributed by atoms with van der Waals surface area (Å²) in [4.78, 5) is 15.4. The minimum absolute atomic E-state index is 0.0542. The average Bonchev–Trinajstić information content (AvgIpc) is 4.01. The molecule has 12 rings (SSSR count). The van der Waals surface area contributed by atoms with E-state index in [-0.39, 0.29) is 47.0 Å². The van der Waals surface area contributed by atoms with Crippen molar-refractivity contribution in [2.24, 2.45) is 0 Å². The van der Waals surface area contributed by atoms with E-state index in [1.165, 1.54) is 17.4 Å². The first-order chi connectivity index (χ1) is 30.7. The Morgan fingerprint density at radius 1 is 0.474 bits per heavy atom. The first-order valence-electron chi connectivity index (χ1n) is 21.5. The van der Waals surface area contributed by atoms with Gasteiger partial charge in [0.15, 0.2) is 17.5 Å². The van der Waals surface area contributed by atoms with Gasteiger partial charge in [-0.1, -0.05) is 133 Å². The second-order valence-electron chi connectivity index (χ2n) is 13.9. The number of rotatable bonds is 5. The number of nitrogens with zero attached hydrogens (tertiary/aromatic N) is 4. The third kappa shape index (κ3) is 4.98. The lowest BCUT2D eigenvalue weighted by atomic mass is 9.98. The van der Waals surface area contributed by atoms with Crippen molar-refractivity contribution in [1.29, 1.82) is 0 Å². The summed E-state index contributed by atoms with van der Waals surface area (Å²) in [6, 6.07) is 46.1. The smallest absolute Gasteiger partial charge is 0.164 e. The molecule has 4 aromatic heterocycles. The molecule has 5 nitrogen and oxygen atoms in total. The third-order valence-corrected chi connectivity index (χ3v) is 11.8. The molecule has 0 aliphatic carbocycles. The van der Waals surface area contributed by atoms with Crippen LogP contribution in [0, 0.1) is 0 Å². The van der Waals surface area contributed by atoms with E-state index < -0.39 is 0 Å². The van der Waals surface area contributed by atoms with Gasteiger partial charge in [-0.25, -0.2) is 15.0 Å². The zero-order valence-electron chi connectivity index (χ0n) is 36.0. The van der Waals surface area contributed by atoms with Crippen molar-refractivity contribution in [2.75, 3.05) is 0 Å². The van der Waals surface area contributed by atoms with Gasteiger partial charge in [0.05, 0.1) is 24.9 Å². The van der Waals surface area contributed by atoms with Crippen LogP contribution in [0.25, 0.3) is 115 Å². The fourth-order valence-corrected chi connectivity index (χ4v) is 9.21. The quantitative estimate of drug-likeness (QED) is 0.176. The van der Waals surface area contributed by atoms with Crippen molar-refractivity contribution in [3.8, 4) is 51.0 Å². The molecule has 0 N–H and O–H groups in total. The lowest BCUT2D eigenvalue weighted by Crippen LogP contribution is -2.02. The first-order valence-corrected chi connectivity index (χ1v) is 19.3. The van der Waals surface area contributed by atoms with Crippen LogP contribution in [-0.2, 0) is 0 Å². The number of hydrogen-bond acceptors (Lipinski definition) is 5. The van der Waals surface area contributed by atoms with Crippen molar-refractivity contribution in [1.82, 2.24) is 19.5 Å². The van der Waals surface area contributed by atoms with E-state index in [0.717, 1.165) is 49.3 Å². The summed E-state index contributed by atoms with van der Waals surface area (Å²) in [7, 11) is 0. The number of para-hydroxylation sites is 3. The number of benzene rings is 8. The highest BCUT2D eigenvalue weighted by Gasteiger charge is 2.22. The van der Waals surface area contributed by atoms with Gasteiger partial charge >= 0.3 is 0 Å². The Kier molecular flexibility index (Phi) is 5.82. The molecule has 0 aliphatic rings. The Morgan fingerprint density at radius 3 is 1.98 bits per heavy atom. The average molecular weight is 753 g/mol. The van der Waals surface area contributed by atoms with Crippen molar-refractivity contribution >= 4 is 75.3 Å². The number of hydrogen-bond donors (Lipinski definition) is 0. The van der Waals surface area contributed by atoms with Gasteiger partial charge in [0.1, 0.15) is 11.2 Å². The Labute approximate surface area is 339 Å². The fourth-order valence-electron chi connectivity index (χ4n) is 8.12. The number of fused-ring (bicyclic) bond motifs is 9. The molecule has 8 aromatic carbocycles. The van der Waals surface area contributed by atoms with Gasteiger partial charge in [0.25, 0.3) is 0 Å². The van der Waals surface area contributed by atoms with Crippen LogP contribution in [-0.4, -0.2) is 19.5 Å². The molecule has 0 spiro atoms. The van der Waals surface area contributed by atoms with Gasteiger partial charge < -0.3 is 8.98 Å². The van der Waals surface area contributed by atoms with Crippen molar-refractivity contribution in [3.05, 3.63) is 182 Å². The SMILES string of the molecule is [2H]c1cc([2H])c2sc3c(-c4cc(-c5nc(-c6ccccc6)nc(-c6cccc7oc8ccccc8c67)n5)ccc4-n4c5ccccc5c5ccccc54)c([2H])c([2H])c([2H])c3c2c1[2H]. The highest BCUT2D eigenvalue weighted by Crippen LogP contribution is 2.44. The summed E-state index contributed by atoms with van der Waals surface area (Å²) in [6.45, 7) is 0. The molecule has 0 unspecified atom stereocenters. The van der Waals surface area contributed by atoms with Crippen LogP contribution in [0.15, 0.2) is 186 Å². The Morgan fingerprint density at radius 2 is 1.16 bits per heavy atom. The Bertz CT molecular complexity index is 3840. The molecule has 0 amide bonds. The monoisotopic (exact) mass is 752 g/mol. The van der Waals surface area contributed by atoms with Gasteiger partial charge in [-0.3, -0.25) is 0 Å². The summed E-state index contributed by atoms with van der Waals surface area (Å²) < 4.78 is 63.7. The third-order valence-electron chi connectivity index (χ3n) is 10.6. The zero-order chi connectivity index (χ0) is 42.7. The van der Waals surface area contributed by atoms with Gasteiger partial charge in [-0.2, -0.15) is 0 Å². The number of aromatic nitrogens is 4. The van der Waals surface area contributed by atoms with E-state index in [1.807, 2.05) is 115 Å². The van der Waals surface area contributed by atoms with E-state index in [2.05, 4.69) is 28.8 Å². The molecule has 0 fully saturated rings. The van der Waals surface area contributed by atoms with E-state index in [0.29, 0.717) is 54.8 Å². The highest BCUT2D eigenvalue weighted by atomic mass is 32.1. The van der Waals surface area contributed by atoms with Gasteiger partial charge in [0, 0.05) is 69.5 Å². The van der Waals surface area contributed by atoms with Crippen LogP contribution in [0.3, 0.4) is 0 Å². The normalized spacial score (nSPS) is 13.3. The molecular formula is C51H30N4OS. The standard InChI is InChI=1S/C51H30N4OS/c1-2-14-31(15-3-1)49-52-50(54-51(53-49)39-22-13-26-45-47(39)38-19-6-10-25-44(38)56-45)32-28-29-43(55-41-23-8-4-16-33(41)34-17-5-9-24-42(34)55)40(30-32)37-21-12-20-36-35-18-7-11-27-46(35)57-48(36)37/h1-30H/i7D,12D,18D,20D,21D,27D. The van der Waals surface area contributed by atoms with Crippen LogP contribution in [0.5, 0.6) is 0 Å². The molecule has 4 heterocycles. The zero-order valence-corrected chi connectivity index (χ0v) is 30.8. The van der Waals surface area contributed by atoms with Crippen molar-refractivity contribution in [2.45, 2.75) is 0 Å². The summed E-state index contributed by atoms with van der Waals surface area (Å²) in [5.41, 5.74) is 7.18.